The summed E-state index contributed by atoms with van der Waals surface area (Å²) < 4.78 is 0. The predicted octanol–water partition coefficient (Wildman–Crippen LogP) is -0.224. The van der Waals surface area contributed by atoms with Crippen LogP contribution in [0.4, 0.5) is 0 Å². The Morgan fingerprint density at radius 2 is 1.20 bits per heavy atom. The molecule has 10 heavy (non-hydrogen) atoms. The summed E-state index contributed by atoms with van der Waals surface area (Å²) in [5.74, 6) is 0. The van der Waals surface area contributed by atoms with Crippen molar-refractivity contribution in [2.24, 2.45) is 0 Å². The molecule has 4 heteroatoms. The normalized spacial score (nSPS) is 10.2. The Balaban J connectivity index is 0. The molecule has 0 bridgehead atoms. The molecule has 0 rings (SSSR count). The highest BCUT2D eigenvalue weighted by Crippen LogP contribution is 1.69. The van der Waals surface area contributed by atoms with E-state index in [-0.39, 0.29) is 6.15 Å². The molecule has 0 heterocycles. The third kappa shape index (κ3) is 10.8. The number of rotatable bonds is 4. The number of hydrogen-bond acceptors (Lipinski definition) is 4. The average molecular weight is 148 g/mol. The van der Waals surface area contributed by atoms with Crippen molar-refractivity contribution >= 4 is 0 Å². The van der Waals surface area contributed by atoms with E-state index in [4.69, 9.17) is 0 Å². The first-order valence-electron chi connectivity index (χ1n) is 3.13. The van der Waals surface area contributed by atoms with Gasteiger partial charge >= 0.3 is 0 Å². The molecule has 0 aromatic carbocycles. The molecular formula is C6H20N4. The fraction of sp³-hybridized carbons (Fsp3) is 1.00. The molecule has 64 valence electrons. The first-order chi connectivity index (χ1) is 4.13. The molecule has 0 atom stereocenters. The molecule has 0 aliphatic rings. The van der Waals surface area contributed by atoms with E-state index < -0.39 is 0 Å². The van der Waals surface area contributed by atoms with Crippen molar-refractivity contribution in [3.05, 3.63) is 0 Å². The van der Waals surface area contributed by atoms with E-state index in [1.165, 1.54) is 0 Å². The van der Waals surface area contributed by atoms with Crippen molar-refractivity contribution in [3.63, 3.8) is 0 Å². The molecule has 0 saturated heterocycles. The fourth-order valence-corrected chi connectivity index (χ4v) is 0.497. The summed E-state index contributed by atoms with van der Waals surface area (Å²) in [4.78, 5) is 4.20. The Morgan fingerprint density at radius 3 is 1.40 bits per heavy atom. The van der Waals surface area contributed by atoms with Crippen molar-refractivity contribution in [2.75, 3.05) is 41.5 Å². The highest BCUT2D eigenvalue weighted by atomic mass is 15.2. The summed E-state index contributed by atoms with van der Waals surface area (Å²) in [5.41, 5.74) is 0. The fourth-order valence-electron chi connectivity index (χ4n) is 0.497. The lowest BCUT2D eigenvalue weighted by molar-refractivity contribution is 0.302. The summed E-state index contributed by atoms with van der Waals surface area (Å²) in [7, 11) is 8.18. The van der Waals surface area contributed by atoms with E-state index in [9.17, 15) is 0 Å². The van der Waals surface area contributed by atoms with Gasteiger partial charge in [0.15, 0.2) is 0 Å². The van der Waals surface area contributed by atoms with E-state index >= 15 is 0 Å². The lowest BCUT2D eigenvalue weighted by Gasteiger charge is -2.14. The standard InChI is InChI=1S/C6H17N3.H3N/c1-8(2)5-7-6-9(3)4;/h7H,5-6H2,1-4H3;1H3. The maximum Gasteiger partial charge on any atom is 0.0484 e. The zero-order valence-corrected chi connectivity index (χ0v) is 7.52. The molecule has 0 radical (unpaired) electrons. The van der Waals surface area contributed by atoms with Crippen LogP contribution in [0.3, 0.4) is 0 Å². The molecule has 0 aliphatic carbocycles. The van der Waals surface area contributed by atoms with Gasteiger partial charge in [-0.1, -0.05) is 0 Å². The summed E-state index contributed by atoms with van der Waals surface area (Å²) in [6, 6.07) is 0. The van der Waals surface area contributed by atoms with Crippen molar-refractivity contribution in [2.45, 2.75) is 0 Å². The molecule has 0 aromatic heterocycles. The molecule has 0 aromatic rings. The number of hydrogen-bond donors (Lipinski definition) is 2. The monoisotopic (exact) mass is 148 g/mol. The highest BCUT2D eigenvalue weighted by molar-refractivity contribution is 4.40. The van der Waals surface area contributed by atoms with Gasteiger partial charge in [0, 0.05) is 13.3 Å². The van der Waals surface area contributed by atoms with Gasteiger partial charge in [-0.3, -0.25) is 15.1 Å². The molecule has 4 nitrogen and oxygen atoms in total. The molecule has 0 spiro atoms. The van der Waals surface area contributed by atoms with Crippen LogP contribution in [0.25, 0.3) is 0 Å². The largest absolute Gasteiger partial charge is 0.344 e. The van der Waals surface area contributed by atoms with Gasteiger partial charge in [-0.15, -0.1) is 0 Å². The SMILES string of the molecule is CN(C)CNCN(C)C.N. The third-order valence-corrected chi connectivity index (χ3v) is 0.856. The van der Waals surface area contributed by atoms with Crippen molar-refractivity contribution in [3.8, 4) is 0 Å². The molecule has 0 aliphatic heterocycles. The Bertz CT molecular complexity index is 54.8. The summed E-state index contributed by atoms with van der Waals surface area (Å²) in [6.07, 6.45) is 0. The minimum atomic E-state index is 0. The molecular weight excluding hydrogens is 128 g/mol. The second kappa shape index (κ2) is 6.95. The average Bonchev–Trinajstić information content (AvgIpc) is 1.63. The van der Waals surface area contributed by atoms with Crippen molar-refractivity contribution in [1.82, 2.24) is 21.3 Å². The van der Waals surface area contributed by atoms with E-state index in [2.05, 4.69) is 15.1 Å². The van der Waals surface area contributed by atoms with Crippen LogP contribution >= 0.6 is 0 Å². The van der Waals surface area contributed by atoms with Gasteiger partial charge in [-0.2, -0.15) is 0 Å². The Labute approximate surface area is 63.8 Å². The quantitative estimate of drug-likeness (QED) is 0.541. The van der Waals surface area contributed by atoms with Crippen LogP contribution in [-0.2, 0) is 0 Å². The van der Waals surface area contributed by atoms with Crippen LogP contribution in [0.5, 0.6) is 0 Å². The number of nitrogens with one attached hydrogen (secondary N) is 1. The molecule has 0 fully saturated rings. The lowest BCUT2D eigenvalue weighted by atomic mass is 10.8. The molecule has 0 amide bonds. The highest BCUT2D eigenvalue weighted by Gasteiger charge is 1.88. The Kier molecular flexibility index (Phi) is 8.70. The van der Waals surface area contributed by atoms with E-state index in [0.29, 0.717) is 0 Å². The van der Waals surface area contributed by atoms with Gasteiger partial charge in [0.1, 0.15) is 0 Å². The van der Waals surface area contributed by atoms with E-state index in [1.807, 2.05) is 28.2 Å². The minimum absolute atomic E-state index is 0. The molecule has 0 unspecified atom stereocenters. The zero-order valence-electron chi connectivity index (χ0n) is 7.52. The van der Waals surface area contributed by atoms with Crippen LogP contribution in [0, 0.1) is 0 Å². The second-order valence-corrected chi connectivity index (χ2v) is 2.73. The van der Waals surface area contributed by atoms with Gasteiger partial charge in [0.2, 0.25) is 0 Å². The number of nitrogens with zero attached hydrogens (tertiary/aromatic N) is 2. The van der Waals surface area contributed by atoms with Gasteiger partial charge < -0.3 is 6.15 Å². The van der Waals surface area contributed by atoms with Gasteiger partial charge in [0.05, 0.1) is 0 Å². The molecule has 4 N–H and O–H groups in total. The lowest BCUT2D eigenvalue weighted by Crippen LogP contribution is -2.34. The zero-order chi connectivity index (χ0) is 7.28. The summed E-state index contributed by atoms with van der Waals surface area (Å²) >= 11 is 0. The van der Waals surface area contributed by atoms with Crippen LogP contribution < -0.4 is 11.5 Å². The van der Waals surface area contributed by atoms with Gasteiger partial charge in [0.25, 0.3) is 0 Å². The maximum atomic E-state index is 3.24. The third-order valence-electron chi connectivity index (χ3n) is 0.856. The topological polar surface area (TPSA) is 53.5 Å². The summed E-state index contributed by atoms with van der Waals surface area (Å²) in [6.45, 7) is 1.89. The van der Waals surface area contributed by atoms with Gasteiger partial charge in [-0.05, 0) is 28.2 Å². The Hall–Kier alpha value is -0.160. The molecule has 0 saturated carbocycles. The predicted molar refractivity (Wildman–Crippen MR) is 45.3 cm³/mol. The Morgan fingerprint density at radius 1 is 0.900 bits per heavy atom. The second-order valence-electron chi connectivity index (χ2n) is 2.73. The van der Waals surface area contributed by atoms with E-state index in [0.717, 1.165) is 13.3 Å². The smallest absolute Gasteiger partial charge is 0.0484 e. The first-order valence-corrected chi connectivity index (χ1v) is 3.13. The maximum absolute atomic E-state index is 3.24. The van der Waals surface area contributed by atoms with Crippen LogP contribution in [0.2, 0.25) is 0 Å². The van der Waals surface area contributed by atoms with Crippen LogP contribution in [0.15, 0.2) is 0 Å². The van der Waals surface area contributed by atoms with Gasteiger partial charge in [-0.25, -0.2) is 0 Å². The minimum Gasteiger partial charge on any atom is -0.344 e. The van der Waals surface area contributed by atoms with Crippen LogP contribution in [-0.4, -0.2) is 51.3 Å². The van der Waals surface area contributed by atoms with Crippen LogP contribution in [0.1, 0.15) is 0 Å². The summed E-state index contributed by atoms with van der Waals surface area (Å²) in [5, 5.41) is 3.24. The van der Waals surface area contributed by atoms with Crippen molar-refractivity contribution in [1.29, 1.82) is 0 Å². The van der Waals surface area contributed by atoms with Crippen molar-refractivity contribution < 1.29 is 0 Å². The van der Waals surface area contributed by atoms with E-state index in [1.54, 1.807) is 0 Å². The first kappa shape index (κ1) is 12.5.